The highest BCUT2D eigenvalue weighted by Gasteiger charge is 2.12. The molecule has 0 radical (unpaired) electrons. The van der Waals surface area contributed by atoms with E-state index in [1.54, 1.807) is 31.5 Å². The number of urea groups is 1. The van der Waals surface area contributed by atoms with E-state index >= 15 is 0 Å². The summed E-state index contributed by atoms with van der Waals surface area (Å²) in [6.07, 6.45) is 4.65. The van der Waals surface area contributed by atoms with Gasteiger partial charge in [-0.15, -0.1) is 0 Å². The number of rotatable bonds is 5. The van der Waals surface area contributed by atoms with E-state index in [2.05, 4.69) is 47.4 Å². The minimum atomic E-state index is -0.386. The van der Waals surface area contributed by atoms with E-state index in [1.165, 1.54) is 12.3 Å². The van der Waals surface area contributed by atoms with Crippen LogP contribution in [0.2, 0.25) is 0 Å². The predicted octanol–water partition coefficient (Wildman–Crippen LogP) is 2.14. The van der Waals surface area contributed by atoms with Gasteiger partial charge in [-0.2, -0.15) is 0 Å². The highest BCUT2D eigenvalue weighted by molar-refractivity contribution is 9.10. The van der Waals surface area contributed by atoms with Crippen LogP contribution in [0.3, 0.4) is 0 Å². The molecule has 0 atom stereocenters. The topological polar surface area (TPSA) is 108 Å². The molecule has 0 aliphatic rings. The first-order chi connectivity index (χ1) is 11.1. The first kappa shape index (κ1) is 16.7. The minimum absolute atomic E-state index is 0.271. The number of anilines is 2. The summed E-state index contributed by atoms with van der Waals surface area (Å²) in [5, 5.41) is 5.13. The van der Waals surface area contributed by atoms with Crippen molar-refractivity contribution in [3.63, 3.8) is 0 Å². The molecular weight excluding hydrogens is 364 g/mol. The summed E-state index contributed by atoms with van der Waals surface area (Å²) in [5.41, 5.74) is 6.35. The maximum Gasteiger partial charge on any atom is 0.320 e. The summed E-state index contributed by atoms with van der Waals surface area (Å²) in [4.78, 5) is 31.6. The van der Waals surface area contributed by atoms with Crippen LogP contribution in [0.4, 0.5) is 16.3 Å². The van der Waals surface area contributed by atoms with Crippen molar-refractivity contribution in [2.45, 2.75) is 6.92 Å². The average Bonchev–Trinajstić information content (AvgIpc) is 2.55. The highest BCUT2D eigenvalue weighted by atomic mass is 79.9. The van der Waals surface area contributed by atoms with Crippen LogP contribution < -0.4 is 21.5 Å². The van der Waals surface area contributed by atoms with Gasteiger partial charge < -0.3 is 5.32 Å². The van der Waals surface area contributed by atoms with Gasteiger partial charge in [-0.3, -0.25) is 25.9 Å². The van der Waals surface area contributed by atoms with Crippen LogP contribution in [0.25, 0.3) is 0 Å². The molecular formula is C14H15BrN6O2. The van der Waals surface area contributed by atoms with E-state index in [0.717, 1.165) is 0 Å². The van der Waals surface area contributed by atoms with Crippen LogP contribution in [0.1, 0.15) is 17.3 Å². The van der Waals surface area contributed by atoms with Crippen LogP contribution in [0.15, 0.2) is 41.3 Å². The Morgan fingerprint density at radius 1 is 1.26 bits per heavy atom. The Hall–Kier alpha value is -2.68. The number of hydrazine groups is 1. The monoisotopic (exact) mass is 378 g/mol. The number of nitrogens with one attached hydrogen (secondary N) is 4. The molecule has 2 aromatic rings. The minimum Gasteiger partial charge on any atom is -0.338 e. The van der Waals surface area contributed by atoms with Crippen molar-refractivity contribution in [1.29, 1.82) is 0 Å². The maximum atomic E-state index is 12.2. The molecule has 8 nitrogen and oxygen atoms in total. The van der Waals surface area contributed by atoms with Crippen LogP contribution >= 0.6 is 15.9 Å². The van der Waals surface area contributed by atoms with E-state index in [4.69, 9.17) is 0 Å². The normalized spacial score (nSPS) is 9.83. The predicted molar refractivity (Wildman–Crippen MR) is 90.0 cm³/mol. The number of hydrogen-bond acceptors (Lipinski definition) is 5. The number of halogens is 1. The van der Waals surface area contributed by atoms with E-state index in [1.807, 2.05) is 0 Å². The third-order valence-electron chi connectivity index (χ3n) is 2.68. The summed E-state index contributed by atoms with van der Waals surface area (Å²) < 4.78 is 0.507. The third-order valence-corrected chi connectivity index (χ3v) is 3.31. The van der Waals surface area contributed by atoms with Crippen molar-refractivity contribution in [2.24, 2.45) is 0 Å². The third kappa shape index (κ3) is 4.92. The largest absolute Gasteiger partial charge is 0.338 e. The van der Waals surface area contributed by atoms with Crippen LogP contribution in [-0.4, -0.2) is 28.5 Å². The average molecular weight is 379 g/mol. The second-order valence-electron chi connectivity index (χ2n) is 4.35. The highest BCUT2D eigenvalue weighted by Crippen LogP contribution is 2.18. The van der Waals surface area contributed by atoms with Crippen molar-refractivity contribution < 1.29 is 9.59 Å². The first-order valence-electron chi connectivity index (χ1n) is 6.77. The SMILES string of the molecule is CCNC(=O)Nc1cc(C(=O)NNc2ccncc2)c(Br)cn1. The van der Waals surface area contributed by atoms with Crippen molar-refractivity contribution in [1.82, 2.24) is 20.7 Å². The molecule has 3 amide bonds. The molecule has 2 heterocycles. The number of amides is 3. The quantitative estimate of drug-likeness (QED) is 0.596. The van der Waals surface area contributed by atoms with E-state index < -0.39 is 0 Å². The molecule has 120 valence electrons. The van der Waals surface area contributed by atoms with E-state index in [-0.39, 0.29) is 17.8 Å². The molecule has 0 bridgehead atoms. The lowest BCUT2D eigenvalue weighted by Gasteiger charge is -2.11. The number of hydrogen-bond donors (Lipinski definition) is 4. The molecule has 0 fully saturated rings. The molecule has 0 aliphatic carbocycles. The summed E-state index contributed by atoms with van der Waals surface area (Å²) in [6, 6.07) is 4.51. The van der Waals surface area contributed by atoms with Gasteiger partial charge >= 0.3 is 6.03 Å². The zero-order valence-corrected chi connectivity index (χ0v) is 13.8. The summed E-state index contributed by atoms with van der Waals surface area (Å²) in [6.45, 7) is 2.30. The molecule has 0 saturated heterocycles. The lowest BCUT2D eigenvalue weighted by atomic mass is 10.2. The molecule has 0 saturated carbocycles. The van der Waals surface area contributed by atoms with E-state index in [0.29, 0.717) is 22.3 Å². The second kappa shape index (κ2) is 8.08. The van der Waals surface area contributed by atoms with Gasteiger partial charge in [-0.25, -0.2) is 9.78 Å². The number of carbonyl (C=O) groups is 2. The zero-order valence-electron chi connectivity index (χ0n) is 12.3. The van der Waals surface area contributed by atoms with Crippen molar-refractivity contribution in [3.05, 3.63) is 46.8 Å². The van der Waals surface area contributed by atoms with Gasteiger partial charge in [0.05, 0.1) is 11.3 Å². The Balaban J connectivity index is 2.05. The Labute approximate surface area is 141 Å². The van der Waals surface area contributed by atoms with Gasteiger partial charge in [-0.05, 0) is 41.1 Å². The van der Waals surface area contributed by atoms with Crippen LogP contribution in [0, 0.1) is 0 Å². The number of carbonyl (C=O) groups excluding carboxylic acids is 2. The number of nitrogens with zero attached hydrogens (tertiary/aromatic N) is 2. The fraction of sp³-hybridized carbons (Fsp3) is 0.143. The number of aromatic nitrogens is 2. The molecule has 2 aromatic heterocycles. The van der Waals surface area contributed by atoms with Gasteiger partial charge in [0.2, 0.25) is 0 Å². The first-order valence-corrected chi connectivity index (χ1v) is 7.56. The van der Waals surface area contributed by atoms with Crippen molar-refractivity contribution in [3.8, 4) is 0 Å². The van der Waals surface area contributed by atoms with Crippen LogP contribution in [0.5, 0.6) is 0 Å². The lowest BCUT2D eigenvalue weighted by Crippen LogP contribution is -2.31. The van der Waals surface area contributed by atoms with Gasteiger partial charge in [0.1, 0.15) is 5.82 Å². The van der Waals surface area contributed by atoms with Crippen molar-refractivity contribution in [2.75, 3.05) is 17.3 Å². The summed E-state index contributed by atoms with van der Waals surface area (Å²) in [5.74, 6) is -0.108. The molecule has 0 aromatic carbocycles. The molecule has 0 aliphatic heterocycles. The molecule has 2 rings (SSSR count). The van der Waals surface area contributed by atoms with Gasteiger partial charge in [0.25, 0.3) is 5.91 Å². The maximum absolute atomic E-state index is 12.2. The molecule has 9 heteroatoms. The standard InChI is InChI=1S/C14H15BrN6O2/c1-2-17-14(23)19-12-7-10(11(15)8-18-12)13(22)21-20-9-3-5-16-6-4-9/h3-8H,2H2,1H3,(H,16,20)(H,21,22)(H2,17,18,19,23). The Morgan fingerprint density at radius 3 is 2.70 bits per heavy atom. The molecule has 0 spiro atoms. The molecule has 0 unspecified atom stereocenters. The van der Waals surface area contributed by atoms with E-state index in [9.17, 15) is 9.59 Å². The summed E-state index contributed by atoms with van der Waals surface area (Å²) in [7, 11) is 0. The smallest absolute Gasteiger partial charge is 0.320 e. The van der Waals surface area contributed by atoms with Gasteiger partial charge in [0, 0.05) is 29.6 Å². The lowest BCUT2D eigenvalue weighted by molar-refractivity contribution is 0.0961. The summed E-state index contributed by atoms with van der Waals surface area (Å²) >= 11 is 3.26. The number of pyridine rings is 2. The molecule has 23 heavy (non-hydrogen) atoms. The fourth-order valence-electron chi connectivity index (χ4n) is 1.63. The Morgan fingerprint density at radius 2 is 2.00 bits per heavy atom. The van der Waals surface area contributed by atoms with Crippen molar-refractivity contribution >= 4 is 39.4 Å². The fourth-order valence-corrected chi connectivity index (χ4v) is 2.03. The van der Waals surface area contributed by atoms with Gasteiger partial charge in [-0.1, -0.05) is 0 Å². The second-order valence-corrected chi connectivity index (χ2v) is 5.20. The van der Waals surface area contributed by atoms with Crippen LogP contribution in [-0.2, 0) is 0 Å². The Kier molecular flexibility index (Phi) is 5.87. The Bertz CT molecular complexity index is 695. The van der Waals surface area contributed by atoms with Gasteiger partial charge in [0.15, 0.2) is 0 Å². The molecule has 4 N–H and O–H groups in total. The zero-order chi connectivity index (χ0) is 16.7.